The number of primary amides is 1. The van der Waals surface area contributed by atoms with Crippen molar-refractivity contribution in [3.8, 4) is 0 Å². The number of nitrogens with two attached hydrogens (primary N) is 1. The van der Waals surface area contributed by atoms with Crippen LogP contribution in [0.2, 0.25) is 0 Å². The summed E-state index contributed by atoms with van der Waals surface area (Å²) < 4.78 is 52.3. The van der Waals surface area contributed by atoms with E-state index in [0.717, 1.165) is 20.8 Å². The molecule has 0 aromatic heterocycles. The van der Waals surface area contributed by atoms with E-state index in [1.807, 2.05) is 0 Å². The quantitative estimate of drug-likeness (QED) is 0.0297. The topological polar surface area (TPSA) is 662 Å². The first-order valence-corrected chi connectivity index (χ1v) is 32.2. The molecule has 5 heterocycles. The molecule has 0 radical (unpaired) electrons. The highest BCUT2D eigenvalue weighted by Crippen LogP contribution is 2.36. The third-order valence-corrected chi connectivity index (χ3v) is 16.9. The zero-order valence-electron chi connectivity index (χ0n) is 56.1. The van der Waals surface area contributed by atoms with E-state index < -0.39 is 288 Å². The van der Waals surface area contributed by atoms with Crippen LogP contribution in [-0.2, 0) is 85.8 Å². The van der Waals surface area contributed by atoms with Gasteiger partial charge in [0.05, 0.1) is 45.6 Å². The molecule has 0 aliphatic carbocycles. The smallest absolute Gasteiger partial charge is 0.243 e. The first-order valence-electron chi connectivity index (χ1n) is 32.2. The van der Waals surface area contributed by atoms with Gasteiger partial charge in [-0.25, -0.2) is 0 Å². The van der Waals surface area contributed by atoms with Crippen LogP contribution in [0.4, 0.5) is 0 Å². The van der Waals surface area contributed by atoms with Gasteiger partial charge in [0.25, 0.3) is 0 Å². The van der Waals surface area contributed by atoms with E-state index in [4.69, 9.17) is 48.4 Å². The fraction of sp³-hybridized carbons (Fsp3) is 0.845. The molecule has 31 atom stereocenters. The van der Waals surface area contributed by atoms with E-state index >= 15 is 0 Å². The molecule has 0 aromatic rings. The van der Waals surface area contributed by atoms with Crippen molar-refractivity contribution in [3.05, 3.63) is 0 Å². The van der Waals surface area contributed by atoms with Crippen LogP contribution in [0.15, 0.2) is 0 Å². The zero-order valence-corrected chi connectivity index (χ0v) is 56.1. The van der Waals surface area contributed by atoms with Gasteiger partial charge in [0.2, 0.25) is 53.2 Å². The summed E-state index contributed by atoms with van der Waals surface area (Å²) in [5.41, 5.74) is 5.37. The van der Waals surface area contributed by atoms with Crippen molar-refractivity contribution in [2.24, 2.45) is 17.6 Å². The van der Waals surface area contributed by atoms with Crippen LogP contribution in [0.5, 0.6) is 0 Å². The number of amides is 9. The molecule has 0 aromatic carbocycles. The number of nitrogens with one attached hydrogen (secondary N) is 8. The van der Waals surface area contributed by atoms with Crippen molar-refractivity contribution < 1.29 is 162 Å². The average Bonchev–Trinajstić information content (AvgIpc) is 0.771. The highest BCUT2D eigenvalue weighted by Gasteiger charge is 2.57. The normalized spacial score (nSPS) is 36.5. The van der Waals surface area contributed by atoms with Crippen LogP contribution in [-0.4, -0.2) is 352 Å². The van der Waals surface area contributed by atoms with Gasteiger partial charge in [-0.15, -0.1) is 0 Å². The number of rotatable bonds is 32. The molecule has 5 aliphatic rings. The van der Waals surface area contributed by atoms with Gasteiger partial charge in [-0.05, 0) is 32.1 Å². The van der Waals surface area contributed by atoms with E-state index in [1.165, 1.54) is 27.7 Å². The largest absolute Gasteiger partial charge is 0.394 e. The minimum atomic E-state index is -2.31. The molecule has 5 rings (SSSR count). The molecule has 42 heteroatoms. The van der Waals surface area contributed by atoms with Crippen LogP contribution in [0.3, 0.4) is 0 Å². The lowest BCUT2D eigenvalue weighted by Gasteiger charge is -2.50. The second-order valence-electron chi connectivity index (χ2n) is 25.8. The molecule has 574 valence electrons. The maximum absolute atomic E-state index is 14.3. The maximum Gasteiger partial charge on any atom is 0.243 e. The molecular formula is C58H99N9O33. The lowest BCUT2D eigenvalue weighted by atomic mass is 9.93. The van der Waals surface area contributed by atoms with Crippen LogP contribution >= 0.6 is 0 Å². The number of carbonyl (C=O) groups excluding carboxylic acids is 9. The van der Waals surface area contributed by atoms with Crippen LogP contribution in [0, 0.1) is 11.8 Å². The lowest BCUT2D eigenvalue weighted by Crippen LogP contribution is -2.71. The molecule has 42 nitrogen and oxygen atoms in total. The predicted octanol–water partition coefficient (Wildman–Crippen LogP) is -14.1. The van der Waals surface area contributed by atoms with Gasteiger partial charge in [-0.3, -0.25) is 43.2 Å². The van der Waals surface area contributed by atoms with Gasteiger partial charge in [0.15, 0.2) is 31.4 Å². The number of hydrogen-bond donors (Lipinski definition) is 24. The minimum absolute atomic E-state index is 0.128. The van der Waals surface area contributed by atoms with Crippen molar-refractivity contribution in [1.82, 2.24) is 42.5 Å². The SMILES string of the molecule is CC(=O)N[C@@H]1[C@@H](O)[C@H](O[C@@H]2O[C@H](CO)[C@@H](O[C@@H]3O[C@H](CO[C@H]4O[C@H](CO)[C@@H](O)[C@H](O)[C@@H]4O)[C@@H](O)[C@H](O[C@H]4O[C@H](CO)[C@@H](O)[C@H](O)[C@@H]4O)[C@@H]3O)[C@H](O)[C@H]2NC(C)=O)[C@@H](CO)O[C@H]1NC(=O)CC(NC(=O)[C@H](C)NC(=O)[C@H](CC(C)C)NC(C)=O)C(=O)N[C@H](C(=O)N[C@H](C(N)=O)[C@@H](C)O)C(C)C. The molecule has 5 fully saturated rings. The summed E-state index contributed by atoms with van der Waals surface area (Å²) >= 11 is 0. The Morgan fingerprint density at radius 2 is 0.890 bits per heavy atom. The summed E-state index contributed by atoms with van der Waals surface area (Å²) in [7, 11) is 0. The van der Waals surface area contributed by atoms with Crippen LogP contribution in [0.25, 0.3) is 0 Å². The summed E-state index contributed by atoms with van der Waals surface area (Å²) in [6.07, 6.45) is -48.0. The molecule has 5 aliphatic heterocycles. The Hall–Kier alpha value is -5.73. The third-order valence-electron chi connectivity index (χ3n) is 16.9. The maximum atomic E-state index is 14.3. The van der Waals surface area contributed by atoms with E-state index in [9.17, 15) is 120 Å². The predicted molar refractivity (Wildman–Crippen MR) is 326 cm³/mol. The van der Waals surface area contributed by atoms with Crippen LogP contribution in [0.1, 0.15) is 75.2 Å². The third kappa shape index (κ3) is 21.9. The Balaban J connectivity index is 1.43. The molecule has 5 saturated heterocycles. The van der Waals surface area contributed by atoms with E-state index in [1.54, 1.807) is 13.8 Å². The van der Waals surface area contributed by atoms with E-state index in [0.29, 0.717) is 0 Å². The van der Waals surface area contributed by atoms with E-state index in [2.05, 4.69) is 42.5 Å². The first-order chi connectivity index (χ1) is 46.8. The van der Waals surface area contributed by atoms with Crippen molar-refractivity contribution in [3.63, 3.8) is 0 Å². The number of aliphatic hydroxyl groups excluding tert-OH is 15. The molecule has 100 heavy (non-hydrogen) atoms. The highest BCUT2D eigenvalue weighted by atomic mass is 16.8. The fourth-order valence-electron chi connectivity index (χ4n) is 11.6. The van der Waals surface area contributed by atoms with Crippen LogP contribution < -0.4 is 48.3 Å². The van der Waals surface area contributed by atoms with Crippen molar-refractivity contribution in [2.45, 2.75) is 265 Å². The molecule has 0 spiro atoms. The summed E-state index contributed by atoms with van der Waals surface area (Å²) in [4.78, 5) is 119. The van der Waals surface area contributed by atoms with Crippen molar-refractivity contribution >= 4 is 53.2 Å². The molecule has 1 unspecified atom stereocenters. The minimum Gasteiger partial charge on any atom is -0.394 e. The highest BCUT2D eigenvalue weighted by molar-refractivity contribution is 5.98. The fourth-order valence-corrected chi connectivity index (χ4v) is 11.6. The lowest BCUT2D eigenvalue weighted by molar-refractivity contribution is -0.383. The van der Waals surface area contributed by atoms with Gasteiger partial charge < -0.3 is 167 Å². The van der Waals surface area contributed by atoms with Gasteiger partial charge >= 0.3 is 0 Å². The summed E-state index contributed by atoms with van der Waals surface area (Å²) in [5.74, 6) is -9.90. The van der Waals surface area contributed by atoms with Gasteiger partial charge in [-0.1, -0.05) is 27.7 Å². The average molecular weight is 1450 g/mol. The van der Waals surface area contributed by atoms with Gasteiger partial charge in [0, 0.05) is 20.8 Å². The molecule has 9 amide bonds. The number of ether oxygens (including phenoxy) is 9. The molecule has 0 saturated carbocycles. The van der Waals surface area contributed by atoms with Crippen molar-refractivity contribution in [1.29, 1.82) is 0 Å². The first kappa shape index (κ1) is 84.9. The number of carbonyl (C=O) groups is 9. The standard InChI is InChI=1S/C58H99N9O33/c1-17(2)10-24(61-21(7)73)51(89)60-19(5)50(88)64-25(52(90)66-32(18(3)4)53(91)67-33(20(6)72)49(59)87)11-31(76)65-54-34(62-22(8)74)39(80)46(28(14-70)93-54)98-55-35(63-23(9)75)40(81)47(29(15-71)96-55)99-58-45(86)48(100-57-44(85)42(83)37(78)27(13-69)95-57)38(79)30(97-58)16-92-56-43(84)41(82)36(77)26(12-68)94-56/h17-20,24-30,32-48,54-58,68-72,77-86H,10-16H2,1-9H3,(H2,59,87)(H,60,89)(H,61,73)(H,62,74)(H,63,75)(H,64,88)(H,65,76)(H,66,90)(H,67,91)/t19-,20+,24-,25?,26+,27+,28+,29+,30+,32-,33-,34+,35+,36+,37+,38+,39+,40+,41-,42-,43-,44-,45-,46+,47+,48-,54+,55-,56-,57+,58-/m0/s1. The Morgan fingerprint density at radius 3 is 1.40 bits per heavy atom. The van der Waals surface area contributed by atoms with Gasteiger partial charge in [0.1, 0.15) is 152 Å². The number of aliphatic hydroxyl groups is 15. The number of hydrogen-bond acceptors (Lipinski definition) is 33. The summed E-state index contributed by atoms with van der Waals surface area (Å²) in [6.45, 7) is 6.84. The summed E-state index contributed by atoms with van der Waals surface area (Å²) in [6, 6.07) is -11.6. The van der Waals surface area contributed by atoms with E-state index in [-0.39, 0.29) is 12.3 Å². The Kier molecular flexibility index (Phi) is 32.4. The second-order valence-corrected chi connectivity index (χ2v) is 25.8. The molecule has 25 N–H and O–H groups in total. The van der Waals surface area contributed by atoms with Crippen molar-refractivity contribution in [2.75, 3.05) is 33.0 Å². The van der Waals surface area contributed by atoms with Gasteiger partial charge in [-0.2, -0.15) is 0 Å². The zero-order chi connectivity index (χ0) is 75.2. The Labute approximate surface area is 572 Å². The monoisotopic (exact) mass is 1450 g/mol. The molecule has 0 bridgehead atoms. The Morgan fingerprint density at radius 1 is 0.430 bits per heavy atom. The summed E-state index contributed by atoms with van der Waals surface area (Å²) in [5, 5.41) is 182. The second kappa shape index (κ2) is 38.2. The molecular weight excluding hydrogens is 1350 g/mol. The Bertz CT molecular complexity index is 2730.